The normalized spacial score (nSPS) is 35.5. The number of hydrogen-bond donors (Lipinski definition) is 1. The summed E-state index contributed by atoms with van der Waals surface area (Å²) in [5.74, 6) is 3.18. The van der Waals surface area contributed by atoms with Gasteiger partial charge in [-0.15, -0.1) is 0 Å². The second-order valence-corrected chi connectivity index (χ2v) is 12.9. The lowest BCUT2D eigenvalue weighted by Gasteiger charge is -2.54. The highest BCUT2D eigenvalue weighted by Gasteiger charge is 2.50. The zero-order chi connectivity index (χ0) is 21.4. The van der Waals surface area contributed by atoms with Gasteiger partial charge in [0.25, 0.3) is 0 Å². The van der Waals surface area contributed by atoms with Gasteiger partial charge >= 0.3 is 6.03 Å². The van der Waals surface area contributed by atoms with E-state index >= 15 is 0 Å². The highest BCUT2D eigenvalue weighted by Crippen LogP contribution is 2.54. The third kappa shape index (κ3) is 3.18. The second kappa shape index (κ2) is 6.87. The summed E-state index contributed by atoms with van der Waals surface area (Å²) in [6.07, 6.45) is 9.55. The maximum absolute atomic E-state index is 13.2. The van der Waals surface area contributed by atoms with Crippen molar-refractivity contribution in [2.45, 2.75) is 56.4 Å². The molecule has 7 rings (SSSR count). The van der Waals surface area contributed by atoms with Gasteiger partial charge in [0.05, 0.1) is 11.9 Å². The van der Waals surface area contributed by atoms with Crippen molar-refractivity contribution in [1.82, 2.24) is 10.2 Å². The topological polar surface area (TPSA) is 69.7 Å². The number of para-hydroxylation sites is 1. The van der Waals surface area contributed by atoms with Crippen LogP contribution in [0.2, 0.25) is 0 Å². The molecule has 4 aliphatic carbocycles. The van der Waals surface area contributed by atoms with E-state index in [-0.39, 0.29) is 11.4 Å². The number of fused-ring (bicyclic) bond motifs is 2. The Hall–Kier alpha value is -1.76. The van der Waals surface area contributed by atoms with Crippen LogP contribution in [0, 0.1) is 23.7 Å². The van der Waals surface area contributed by atoms with E-state index in [9.17, 15) is 13.2 Å². The minimum Gasteiger partial charge on any atom is -0.335 e. The summed E-state index contributed by atoms with van der Waals surface area (Å²) in [5, 5.41) is 3.44. The van der Waals surface area contributed by atoms with Gasteiger partial charge in [0.15, 0.2) is 0 Å². The standard InChI is InChI=1S/C24H33N3O3S/c1-31(29,30)27-15-24(20-4-2-3-5-21(20)27)6-8-26(9-7-24)23(28)25-22-18-11-16-10-17(13-18)14-19(22)12-16/h2-5,16-19,22H,6-15H2,1H3,(H,25,28). The molecule has 5 fully saturated rings. The second-order valence-electron chi connectivity index (χ2n) is 11.0. The van der Waals surface area contributed by atoms with Crippen LogP contribution >= 0.6 is 0 Å². The first-order valence-electron chi connectivity index (χ1n) is 12.0. The molecule has 0 aromatic heterocycles. The summed E-state index contributed by atoms with van der Waals surface area (Å²) >= 11 is 0. The smallest absolute Gasteiger partial charge is 0.317 e. The maximum Gasteiger partial charge on any atom is 0.317 e. The fourth-order valence-corrected chi connectivity index (χ4v) is 8.84. The van der Waals surface area contributed by atoms with Gasteiger partial charge in [-0.25, -0.2) is 13.2 Å². The van der Waals surface area contributed by atoms with Crippen LogP contribution in [-0.4, -0.2) is 51.3 Å². The Balaban J connectivity index is 1.15. The molecular weight excluding hydrogens is 410 g/mol. The van der Waals surface area contributed by atoms with E-state index in [1.165, 1.54) is 38.4 Å². The van der Waals surface area contributed by atoms with Gasteiger partial charge in [0, 0.05) is 31.1 Å². The average molecular weight is 444 g/mol. The number of anilines is 1. The molecule has 4 saturated carbocycles. The van der Waals surface area contributed by atoms with Crippen LogP contribution in [0.3, 0.4) is 0 Å². The number of urea groups is 1. The summed E-state index contributed by atoms with van der Waals surface area (Å²) < 4.78 is 26.3. The van der Waals surface area contributed by atoms with Gasteiger partial charge in [0.1, 0.15) is 0 Å². The largest absolute Gasteiger partial charge is 0.335 e. The third-order valence-corrected chi connectivity index (χ3v) is 10.2. The molecule has 31 heavy (non-hydrogen) atoms. The highest BCUT2D eigenvalue weighted by molar-refractivity contribution is 7.92. The Kier molecular flexibility index (Phi) is 4.41. The molecule has 1 spiro atoms. The molecule has 1 saturated heterocycles. The van der Waals surface area contributed by atoms with Crippen LogP contribution < -0.4 is 9.62 Å². The predicted molar refractivity (Wildman–Crippen MR) is 120 cm³/mol. The maximum atomic E-state index is 13.2. The molecule has 6 nitrogen and oxygen atoms in total. The van der Waals surface area contributed by atoms with Crippen LogP contribution in [0.25, 0.3) is 0 Å². The quantitative estimate of drug-likeness (QED) is 0.762. The molecule has 1 aromatic rings. The van der Waals surface area contributed by atoms with Gasteiger partial charge in [-0.05, 0) is 80.2 Å². The first-order chi connectivity index (χ1) is 14.8. The molecule has 0 radical (unpaired) electrons. The van der Waals surface area contributed by atoms with Gasteiger partial charge in [-0.1, -0.05) is 18.2 Å². The van der Waals surface area contributed by atoms with Gasteiger partial charge < -0.3 is 10.2 Å². The first-order valence-corrected chi connectivity index (χ1v) is 13.8. The minimum atomic E-state index is -3.31. The van der Waals surface area contributed by atoms with Gasteiger partial charge in [-0.2, -0.15) is 0 Å². The van der Waals surface area contributed by atoms with Crippen molar-refractivity contribution in [3.05, 3.63) is 29.8 Å². The van der Waals surface area contributed by atoms with E-state index < -0.39 is 10.0 Å². The number of nitrogens with one attached hydrogen (secondary N) is 1. The van der Waals surface area contributed by atoms with Crippen molar-refractivity contribution in [1.29, 1.82) is 0 Å². The Labute approximate surface area is 185 Å². The summed E-state index contributed by atoms with van der Waals surface area (Å²) in [6.45, 7) is 1.87. The number of likely N-dealkylation sites (tertiary alicyclic amines) is 1. The summed E-state index contributed by atoms with van der Waals surface area (Å²) in [6, 6.07) is 8.35. The van der Waals surface area contributed by atoms with E-state index in [0.717, 1.165) is 35.9 Å². The molecule has 4 bridgehead atoms. The third-order valence-electron chi connectivity index (χ3n) is 9.12. The number of benzene rings is 1. The van der Waals surface area contributed by atoms with Gasteiger partial charge in [-0.3, -0.25) is 4.31 Å². The summed E-state index contributed by atoms with van der Waals surface area (Å²) in [5.41, 5.74) is 1.76. The number of sulfonamides is 1. The van der Waals surface area contributed by atoms with Crippen LogP contribution in [0.4, 0.5) is 10.5 Å². The van der Waals surface area contributed by atoms with Crippen molar-refractivity contribution in [3.63, 3.8) is 0 Å². The molecule has 2 aliphatic heterocycles. The first kappa shape index (κ1) is 19.9. The molecule has 2 heterocycles. The number of hydrogen-bond acceptors (Lipinski definition) is 3. The molecular formula is C24H33N3O3S. The zero-order valence-electron chi connectivity index (χ0n) is 18.3. The number of piperidine rings is 1. The molecule has 0 atom stereocenters. The highest BCUT2D eigenvalue weighted by atomic mass is 32.2. The van der Waals surface area contributed by atoms with Crippen molar-refractivity contribution in [3.8, 4) is 0 Å². The minimum absolute atomic E-state index is 0.0959. The van der Waals surface area contributed by atoms with Crippen LogP contribution in [0.15, 0.2) is 24.3 Å². The molecule has 168 valence electrons. The summed E-state index contributed by atoms with van der Waals surface area (Å²) in [7, 11) is -3.31. The van der Waals surface area contributed by atoms with E-state index in [4.69, 9.17) is 0 Å². The fourth-order valence-electron chi connectivity index (χ4n) is 7.84. The van der Waals surface area contributed by atoms with Crippen molar-refractivity contribution >= 4 is 21.7 Å². The van der Waals surface area contributed by atoms with E-state index in [1.54, 1.807) is 4.31 Å². The molecule has 0 unspecified atom stereocenters. The Morgan fingerprint density at radius 1 is 1.00 bits per heavy atom. The number of carbonyl (C=O) groups excluding carboxylic acids is 1. The molecule has 7 heteroatoms. The summed E-state index contributed by atoms with van der Waals surface area (Å²) in [4.78, 5) is 15.1. The van der Waals surface area contributed by atoms with Crippen molar-refractivity contribution < 1.29 is 13.2 Å². The molecule has 1 N–H and O–H groups in total. The van der Waals surface area contributed by atoms with Crippen molar-refractivity contribution in [2.24, 2.45) is 23.7 Å². The van der Waals surface area contributed by atoms with Crippen LogP contribution in [0.1, 0.15) is 50.5 Å². The SMILES string of the molecule is CS(=O)(=O)N1CC2(CCN(C(=O)NC3C4CC5CC(C4)CC3C5)CC2)c2ccccc21. The lowest BCUT2D eigenvalue weighted by molar-refractivity contribution is -0.0115. The molecule has 1 aromatic carbocycles. The fraction of sp³-hybridized carbons (Fsp3) is 0.708. The van der Waals surface area contributed by atoms with E-state index in [0.29, 0.717) is 37.5 Å². The van der Waals surface area contributed by atoms with Crippen molar-refractivity contribution in [2.75, 3.05) is 30.2 Å². The van der Waals surface area contributed by atoms with Crippen LogP contribution in [0.5, 0.6) is 0 Å². The number of rotatable bonds is 2. The van der Waals surface area contributed by atoms with Crippen LogP contribution in [-0.2, 0) is 15.4 Å². The monoisotopic (exact) mass is 443 g/mol. The lowest BCUT2D eigenvalue weighted by Crippen LogP contribution is -2.59. The van der Waals surface area contributed by atoms with Gasteiger partial charge in [0.2, 0.25) is 10.0 Å². The predicted octanol–water partition coefficient (Wildman–Crippen LogP) is 3.33. The number of nitrogens with zero attached hydrogens (tertiary/aromatic N) is 2. The number of carbonyl (C=O) groups is 1. The molecule has 6 aliphatic rings. The van der Waals surface area contributed by atoms with E-state index in [2.05, 4.69) is 11.4 Å². The lowest BCUT2D eigenvalue weighted by atomic mass is 9.54. The Morgan fingerprint density at radius 3 is 2.23 bits per heavy atom. The average Bonchev–Trinajstić information content (AvgIpc) is 3.05. The van der Waals surface area contributed by atoms with E-state index in [1.807, 2.05) is 23.1 Å². The molecule has 2 amide bonds. The zero-order valence-corrected chi connectivity index (χ0v) is 19.1. The Bertz CT molecular complexity index is 971. The number of amides is 2. The Morgan fingerprint density at radius 2 is 1.61 bits per heavy atom.